The molecule has 5 heteroatoms. The number of hydrogen-bond acceptors (Lipinski definition) is 2. The zero-order valence-electron chi connectivity index (χ0n) is 16.0. The highest BCUT2D eigenvalue weighted by molar-refractivity contribution is 6.03. The van der Waals surface area contributed by atoms with E-state index in [0.717, 1.165) is 31.2 Å². The van der Waals surface area contributed by atoms with Crippen LogP contribution in [0.2, 0.25) is 0 Å². The molecule has 0 radical (unpaired) electrons. The average Bonchev–Trinajstić information content (AvgIpc) is 2.69. The number of rotatable bonds is 5. The molecule has 0 bridgehead atoms. The van der Waals surface area contributed by atoms with Gasteiger partial charge >= 0.3 is 0 Å². The van der Waals surface area contributed by atoms with Crippen molar-refractivity contribution in [1.29, 1.82) is 0 Å². The van der Waals surface area contributed by atoms with E-state index in [1.807, 2.05) is 6.92 Å². The Kier molecular flexibility index (Phi) is 6.58. The van der Waals surface area contributed by atoms with Crippen LogP contribution in [0.5, 0.6) is 0 Å². The van der Waals surface area contributed by atoms with Gasteiger partial charge in [-0.2, -0.15) is 0 Å². The van der Waals surface area contributed by atoms with Crippen LogP contribution in [0.1, 0.15) is 53.6 Å². The normalized spacial score (nSPS) is 14.8. The molecule has 2 aromatic rings. The van der Waals surface area contributed by atoms with E-state index in [1.165, 1.54) is 24.6 Å². The Morgan fingerprint density at radius 1 is 1.07 bits per heavy atom. The van der Waals surface area contributed by atoms with Crippen molar-refractivity contribution in [2.75, 3.05) is 5.32 Å². The van der Waals surface area contributed by atoms with Crippen LogP contribution in [0.4, 0.5) is 10.1 Å². The largest absolute Gasteiger partial charge is 0.349 e. The summed E-state index contributed by atoms with van der Waals surface area (Å²) in [6.07, 6.45) is 8.56. The van der Waals surface area contributed by atoms with Gasteiger partial charge in [0, 0.05) is 23.4 Å². The number of benzene rings is 2. The van der Waals surface area contributed by atoms with Crippen LogP contribution in [0, 0.1) is 12.7 Å². The van der Waals surface area contributed by atoms with Crippen molar-refractivity contribution in [2.45, 2.75) is 45.1 Å². The molecule has 1 aliphatic carbocycles. The molecule has 28 heavy (non-hydrogen) atoms. The highest BCUT2D eigenvalue weighted by Crippen LogP contribution is 2.20. The summed E-state index contributed by atoms with van der Waals surface area (Å²) < 4.78 is 13.2. The molecule has 1 fully saturated rings. The lowest BCUT2D eigenvalue weighted by molar-refractivity contribution is -0.111. The van der Waals surface area contributed by atoms with Crippen molar-refractivity contribution in [3.8, 4) is 0 Å². The fourth-order valence-electron chi connectivity index (χ4n) is 3.42. The van der Waals surface area contributed by atoms with Crippen LogP contribution in [0.25, 0.3) is 6.08 Å². The first kappa shape index (κ1) is 19.8. The van der Waals surface area contributed by atoms with Crippen molar-refractivity contribution >= 4 is 23.6 Å². The number of amides is 2. The minimum absolute atomic E-state index is 0.0705. The third-order valence-electron chi connectivity index (χ3n) is 4.96. The summed E-state index contributed by atoms with van der Waals surface area (Å²) in [7, 11) is 0. The number of hydrogen-bond donors (Lipinski definition) is 2. The van der Waals surface area contributed by atoms with Crippen LogP contribution in [0.15, 0.2) is 48.5 Å². The SMILES string of the molecule is Cc1cc(C(=O)NC2CCCCC2)ccc1NC(=O)/C=C/c1cccc(F)c1. The Morgan fingerprint density at radius 2 is 1.86 bits per heavy atom. The Hall–Kier alpha value is -2.95. The number of carbonyl (C=O) groups is 2. The first-order valence-corrected chi connectivity index (χ1v) is 9.67. The topological polar surface area (TPSA) is 58.2 Å². The van der Waals surface area contributed by atoms with Gasteiger partial charge in [0.25, 0.3) is 5.91 Å². The monoisotopic (exact) mass is 380 g/mol. The maximum absolute atomic E-state index is 13.2. The van der Waals surface area contributed by atoms with Crippen LogP contribution in [-0.4, -0.2) is 17.9 Å². The standard InChI is InChI=1S/C23H25FN2O2/c1-16-14-18(23(28)25-20-8-3-2-4-9-20)11-12-21(16)26-22(27)13-10-17-6-5-7-19(24)15-17/h5-7,10-15,20H,2-4,8-9H2,1H3,(H,25,28)(H,26,27)/b13-10+. The molecule has 0 saturated heterocycles. The second-order valence-electron chi connectivity index (χ2n) is 7.22. The van der Waals surface area contributed by atoms with E-state index in [-0.39, 0.29) is 23.7 Å². The van der Waals surface area contributed by atoms with E-state index in [1.54, 1.807) is 36.4 Å². The van der Waals surface area contributed by atoms with Gasteiger partial charge in [-0.1, -0.05) is 31.4 Å². The quantitative estimate of drug-likeness (QED) is 0.729. The molecule has 0 aromatic heterocycles. The number of aryl methyl sites for hydroxylation is 1. The van der Waals surface area contributed by atoms with Gasteiger partial charge in [0.1, 0.15) is 5.82 Å². The summed E-state index contributed by atoms with van der Waals surface area (Å²) in [6, 6.07) is 11.5. The third kappa shape index (κ3) is 5.52. The molecular weight excluding hydrogens is 355 g/mol. The van der Waals surface area contributed by atoms with Crippen molar-refractivity contribution < 1.29 is 14.0 Å². The summed E-state index contributed by atoms with van der Waals surface area (Å²) in [5.74, 6) is -0.730. The van der Waals surface area contributed by atoms with Gasteiger partial charge in [0.15, 0.2) is 0 Å². The van der Waals surface area contributed by atoms with Crippen molar-refractivity contribution in [1.82, 2.24) is 5.32 Å². The summed E-state index contributed by atoms with van der Waals surface area (Å²) in [5.41, 5.74) is 2.66. The Labute approximate surface area is 164 Å². The minimum atomic E-state index is -0.347. The molecule has 4 nitrogen and oxygen atoms in total. The molecule has 0 atom stereocenters. The van der Waals surface area contributed by atoms with Gasteiger partial charge in [0.2, 0.25) is 5.91 Å². The predicted octanol–water partition coefficient (Wildman–Crippen LogP) is 4.85. The Balaban J connectivity index is 1.60. The second-order valence-corrected chi connectivity index (χ2v) is 7.22. The van der Waals surface area contributed by atoms with E-state index in [0.29, 0.717) is 16.8 Å². The summed E-state index contributed by atoms with van der Waals surface area (Å²) in [4.78, 5) is 24.6. The highest BCUT2D eigenvalue weighted by Gasteiger charge is 2.17. The van der Waals surface area contributed by atoms with Gasteiger partial charge in [-0.05, 0) is 67.3 Å². The Bertz CT molecular complexity index is 886. The third-order valence-corrected chi connectivity index (χ3v) is 4.96. The van der Waals surface area contributed by atoms with E-state index < -0.39 is 0 Å². The van der Waals surface area contributed by atoms with Gasteiger partial charge in [-0.3, -0.25) is 9.59 Å². The predicted molar refractivity (Wildman–Crippen MR) is 110 cm³/mol. The van der Waals surface area contributed by atoms with Gasteiger partial charge < -0.3 is 10.6 Å². The summed E-state index contributed by atoms with van der Waals surface area (Å²) in [6.45, 7) is 1.85. The fraction of sp³-hybridized carbons (Fsp3) is 0.304. The molecule has 0 heterocycles. The maximum Gasteiger partial charge on any atom is 0.251 e. The molecule has 2 amide bonds. The number of carbonyl (C=O) groups excluding carboxylic acids is 2. The molecule has 1 aliphatic rings. The molecule has 2 N–H and O–H groups in total. The molecule has 146 valence electrons. The zero-order valence-corrected chi connectivity index (χ0v) is 16.0. The van der Waals surface area contributed by atoms with Gasteiger partial charge in [-0.15, -0.1) is 0 Å². The lowest BCUT2D eigenvalue weighted by Gasteiger charge is -2.23. The average molecular weight is 380 g/mol. The van der Waals surface area contributed by atoms with Crippen LogP contribution < -0.4 is 10.6 Å². The van der Waals surface area contributed by atoms with Crippen molar-refractivity contribution in [2.24, 2.45) is 0 Å². The van der Waals surface area contributed by atoms with Crippen molar-refractivity contribution in [3.63, 3.8) is 0 Å². The summed E-state index contributed by atoms with van der Waals surface area (Å²) in [5, 5.41) is 5.89. The molecule has 0 unspecified atom stereocenters. The lowest BCUT2D eigenvalue weighted by Crippen LogP contribution is -2.36. The molecular formula is C23H25FN2O2. The zero-order chi connectivity index (χ0) is 19.9. The van der Waals surface area contributed by atoms with Gasteiger partial charge in [-0.25, -0.2) is 4.39 Å². The Morgan fingerprint density at radius 3 is 2.57 bits per heavy atom. The van der Waals surface area contributed by atoms with Crippen LogP contribution in [-0.2, 0) is 4.79 Å². The number of anilines is 1. The van der Waals surface area contributed by atoms with E-state index in [2.05, 4.69) is 10.6 Å². The van der Waals surface area contributed by atoms with E-state index in [9.17, 15) is 14.0 Å². The van der Waals surface area contributed by atoms with E-state index >= 15 is 0 Å². The molecule has 2 aromatic carbocycles. The second kappa shape index (κ2) is 9.31. The van der Waals surface area contributed by atoms with Gasteiger partial charge in [0.05, 0.1) is 0 Å². The first-order chi connectivity index (χ1) is 13.5. The van der Waals surface area contributed by atoms with Crippen LogP contribution >= 0.6 is 0 Å². The molecule has 1 saturated carbocycles. The number of nitrogens with one attached hydrogen (secondary N) is 2. The van der Waals surface area contributed by atoms with E-state index in [4.69, 9.17) is 0 Å². The molecule has 0 spiro atoms. The van der Waals surface area contributed by atoms with Crippen LogP contribution in [0.3, 0.4) is 0 Å². The van der Waals surface area contributed by atoms with Crippen molar-refractivity contribution in [3.05, 3.63) is 71.0 Å². The number of halogens is 1. The molecule has 3 rings (SSSR count). The molecule has 0 aliphatic heterocycles. The smallest absolute Gasteiger partial charge is 0.251 e. The maximum atomic E-state index is 13.2. The summed E-state index contributed by atoms with van der Waals surface area (Å²) >= 11 is 0. The lowest BCUT2D eigenvalue weighted by atomic mass is 9.95. The minimum Gasteiger partial charge on any atom is -0.349 e. The highest BCUT2D eigenvalue weighted by atomic mass is 19.1. The fourth-order valence-corrected chi connectivity index (χ4v) is 3.42. The first-order valence-electron chi connectivity index (χ1n) is 9.67.